The first-order valence-electron chi connectivity index (χ1n) is 2.32. The second kappa shape index (κ2) is 1.83. The van der Waals surface area contributed by atoms with Gasteiger partial charge in [0.25, 0.3) is 0 Å². The van der Waals surface area contributed by atoms with E-state index in [1.807, 2.05) is 18.2 Å². The molecule has 0 aliphatic carbocycles. The fourth-order valence-electron chi connectivity index (χ4n) is 0.483. The van der Waals surface area contributed by atoms with Gasteiger partial charge < -0.3 is 0 Å². The molecule has 0 bridgehead atoms. The Morgan fingerprint density at radius 2 is 2.43 bits per heavy atom. The third-order valence-corrected chi connectivity index (χ3v) is 0.863. The molecule has 33 valence electrons. The molecule has 0 saturated heterocycles. The van der Waals surface area contributed by atoms with Crippen molar-refractivity contribution in [1.82, 2.24) is 0 Å². The van der Waals surface area contributed by atoms with E-state index in [0.29, 0.717) is 0 Å². The van der Waals surface area contributed by atoms with Crippen molar-refractivity contribution in [2.45, 2.75) is 0 Å². The lowest BCUT2D eigenvalue weighted by Gasteiger charge is -1.81. The van der Waals surface area contributed by atoms with Crippen LogP contribution in [0.2, 0.25) is 0 Å². The van der Waals surface area contributed by atoms with Crippen molar-refractivity contribution >= 4 is 13.3 Å². The lowest BCUT2D eigenvalue weighted by molar-refractivity contribution is 1.75. The molecular weight excluding hydrogens is 82.9 g/mol. The summed E-state index contributed by atoms with van der Waals surface area (Å²) in [5.74, 6) is 0. The largest absolute Gasteiger partial charge is 0.139 e. The Kier molecular flexibility index (Phi) is 1.16. The molecule has 0 amide bonds. The zero-order valence-electron chi connectivity index (χ0n) is 4.31. The van der Waals surface area contributed by atoms with Gasteiger partial charge in [0.2, 0.25) is 0 Å². The van der Waals surface area contributed by atoms with E-state index in [0.717, 1.165) is 0 Å². The minimum absolute atomic E-state index is 1.27. The Labute approximate surface area is 44.6 Å². The predicted octanol–water partition coefficient (Wildman–Crippen LogP) is -0.255. The van der Waals surface area contributed by atoms with Gasteiger partial charge in [-0.25, -0.2) is 0 Å². The SMILES string of the molecule is Bc1c[c]ccc1. The van der Waals surface area contributed by atoms with Crippen LogP contribution in [0.4, 0.5) is 0 Å². The summed E-state index contributed by atoms with van der Waals surface area (Å²) in [5.41, 5.74) is 1.27. The Morgan fingerprint density at radius 3 is 2.71 bits per heavy atom. The lowest BCUT2D eigenvalue weighted by atomic mass is 9.97. The molecule has 1 radical (unpaired) electrons. The first-order chi connectivity index (χ1) is 3.39. The first-order valence-corrected chi connectivity index (χ1v) is 2.32. The van der Waals surface area contributed by atoms with E-state index in [-0.39, 0.29) is 0 Å². The standard InChI is InChI=1S/C6H6B/c7-6-4-2-1-3-5-6/h1-2,4-5H,7H2. The van der Waals surface area contributed by atoms with E-state index in [9.17, 15) is 0 Å². The van der Waals surface area contributed by atoms with Crippen LogP contribution in [0.5, 0.6) is 0 Å². The van der Waals surface area contributed by atoms with Crippen molar-refractivity contribution in [3.05, 3.63) is 30.3 Å². The van der Waals surface area contributed by atoms with Gasteiger partial charge in [-0.1, -0.05) is 29.7 Å². The molecule has 0 unspecified atom stereocenters. The van der Waals surface area contributed by atoms with Gasteiger partial charge in [-0.05, 0) is 6.07 Å². The van der Waals surface area contributed by atoms with Crippen molar-refractivity contribution in [1.29, 1.82) is 0 Å². The maximum Gasteiger partial charge on any atom is 0.139 e. The number of hydrogen-bond acceptors (Lipinski definition) is 0. The molecule has 0 N–H and O–H groups in total. The van der Waals surface area contributed by atoms with Gasteiger partial charge in [-0.15, -0.1) is 0 Å². The zero-order chi connectivity index (χ0) is 5.11. The molecule has 0 aliphatic heterocycles. The van der Waals surface area contributed by atoms with E-state index < -0.39 is 0 Å². The Bertz CT molecular complexity index is 134. The fourth-order valence-corrected chi connectivity index (χ4v) is 0.483. The van der Waals surface area contributed by atoms with Crippen LogP contribution in [-0.4, -0.2) is 7.85 Å². The van der Waals surface area contributed by atoms with E-state index in [1.54, 1.807) is 0 Å². The van der Waals surface area contributed by atoms with Gasteiger partial charge in [0.05, 0.1) is 0 Å². The molecule has 1 rings (SSSR count). The fraction of sp³-hybridized carbons (Fsp3) is 0. The minimum Gasteiger partial charge on any atom is -0.0884 e. The van der Waals surface area contributed by atoms with Crippen molar-refractivity contribution in [3.8, 4) is 0 Å². The van der Waals surface area contributed by atoms with E-state index in [4.69, 9.17) is 0 Å². The second-order valence-electron chi connectivity index (χ2n) is 1.58. The van der Waals surface area contributed by atoms with Crippen LogP contribution < -0.4 is 5.46 Å². The summed E-state index contributed by atoms with van der Waals surface area (Å²) in [6.07, 6.45) is 0. The second-order valence-corrected chi connectivity index (χ2v) is 1.58. The van der Waals surface area contributed by atoms with Crippen LogP contribution in [0.15, 0.2) is 24.3 Å². The average Bonchev–Trinajstić information content (AvgIpc) is 1.69. The van der Waals surface area contributed by atoms with Crippen LogP contribution >= 0.6 is 0 Å². The molecule has 0 saturated carbocycles. The number of hydrogen-bond donors (Lipinski definition) is 0. The Hall–Kier alpha value is -0.715. The quantitative estimate of drug-likeness (QED) is 0.384. The number of rotatable bonds is 0. The predicted molar refractivity (Wildman–Crippen MR) is 33.5 cm³/mol. The van der Waals surface area contributed by atoms with Crippen molar-refractivity contribution in [3.63, 3.8) is 0 Å². The normalized spacial score (nSPS) is 8.57. The molecule has 0 aliphatic rings. The third kappa shape index (κ3) is 1.07. The minimum atomic E-state index is 1.27. The summed E-state index contributed by atoms with van der Waals surface area (Å²) in [6.45, 7) is 0. The highest BCUT2D eigenvalue weighted by Crippen LogP contribution is 1.75. The van der Waals surface area contributed by atoms with Gasteiger partial charge in [-0.3, -0.25) is 0 Å². The molecule has 0 fully saturated rings. The summed E-state index contributed by atoms with van der Waals surface area (Å²) < 4.78 is 0. The molecule has 0 heterocycles. The topological polar surface area (TPSA) is 0 Å². The summed E-state index contributed by atoms with van der Waals surface area (Å²) in [5, 5.41) is 0. The Morgan fingerprint density at radius 1 is 1.57 bits per heavy atom. The zero-order valence-corrected chi connectivity index (χ0v) is 4.31. The third-order valence-electron chi connectivity index (χ3n) is 0.863. The highest BCUT2D eigenvalue weighted by atomic mass is 13.7. The molecule has 0 atom stereocenters. The van der Waals surface area contributed by atoms with Gasteiger partial charge >= 0.3 is 0 Å². The smallest absolute Gasteiger partial charge is 0.0884 e. The molecule has 0 aromatic heterocycles. The summed E-state index contributed by atoms with van der Waals surface area (Å²) >= 11 is 0. The van der Waals surface area contributed by atoms with Crippen molar-refractivity contribution in [2.75, 3.05) is 0 Å². The van der Waals surface area contributed by atoms with Crippen molar-refractivity contribution < 1.29 is 0 Å². The monoisotopic (exact) mass is 89.1 g/mol. The average molecular weight is 88.9 g/mol. The first kappa shape index (κ1) is 4.44. The highest BCUT2D eigenvalue weighted by molar-refractivity contribution is 6.32. The summed E-state index contributed by atoms with van der Waals surface area (Å²) in [4.78, 5) is 0. The molecule has 1 aromatic rings. The van der Waals surface area contributed by atoms with Gasteiger partial charge in [0.15, 0.2) is 0 Å². The lowest BCUT2D eigenvalue weighted by Crippen LogP contribution is -1.97. The van der Waals surface area contributed by atoms with Crippen molar-refractivity contribution in [2.24, 2.45) is 0 Å². The van der Waals surface area contributed by atoms with Crippen LogP contribution in [-0.2, 0) is 0 Å². The van der Waals surface area contributed by atoms with Crippen LogP contribution in [0.1, 0.15) is 0 Å². The van der Waals surface area contributed by atoms with E-state index in [1.165, 1.54) is 5.46 Å². The van der Waals surface area contributed by atoms with Crippen LogP contribution in [0, 0.1) is 6.07 Å². The van der Waals surface area contributed by atoms with Crippen LogP contribution in [0.3, 0.4) is 0 Å². The molecule has 0 nitrogen and oxygen atoms in total. The van der Waals surface area contributed by atoms with E-state index in [2.05, 4.69) is 20.0 Å². The van der Waals surface area contributed by atoms with Gasteiger partial charge in [0, 0.05) is 0 Å². The van der Waals surface area contributed by atoms with Gasteiger partial charge in [-0.2, -0.15) is 0 Å². The van der Waals surface area contributed by atoms with Crippen LogP contribution in [0.25, 0.3) is 0 Å². The molecular formula is C6H6B. The molecule has 0 spiro atoms. The number of benzene rings is 1. The van der Waals surface area contributed by atoms with Gasteiger partial charge in [0.1, 0.15) is 7.85 Å². The van der Waals surface area contributed by atoms with E-state index >= 15 is 0 Å². The summed E-state index contributed by atoms with van der Waals surface area (Å²) in [7, 11) is 2.05. The Balaban J connectivity index is 3.02. The maximum absolute atomic E-state index is 2.96. The molecule has 1 heteroatoms. The molecule has 1 aromatic carbocycles. The molecule has 7 heavy (non-hydrogen) atoms. The highest BCUT2D eigenvalue weighted by Gasteiger charge is 1.73. The summed E-state index contributed by atoms with van der Waals surface area (Å²) in [6, 6.07) is 10.8. The maximum atomic E-state index is 2.96.